The van der Waals surface area contributed by atoms with Gasteiger partial charge in [0.2, 0.25) is 0 Å². The molecular formula is C26H31N3O3. The molecule has 0 spiro atoms. The van der Waals surface area contributed by atoms with Crippen LogP contribution in [-0.4, -0.2) is 44.0 Å². The third-order valence-corrected chi connectivity index (χ3v) is 5.34. The van der Waals surface area contributed by atoms with E-state index in [0.29, 0.717) is 19.5 Å². The quantitative estimate of drug-likeness (QED) is 0.457. The fourth-order valence-electron chi connectivity index (χ4n) is 3.46. The SMILES string of the molecule is COc1cccc(CNC[C@@H](O)[C@H](Cc2ccccc2)NC(=O)N(C)c2ccccc2)c1. The number of ether oxygens (including phenoxy) is 1. The molecule has 6 nitrogen and oxygen atoms in total. The van der Waals surface area contributed by atoms with E-state index in [1.165, 1.54) is 0 Å². The van der Waals surface area contributed by atoms with Crippen molar-refractivity contribution in [2.75, 3.05) is 25.6 Å². The minimum absolute atomic E-state index is 0.260. The van der Waals surface area contributed by atoms with Crippen molar-refractivity contribution in [3.8, 4) is 5.75 Å². The molecule has 0 aliphatic rings. The van der Waals surface area contributed by atoms with Crippen molar-refractivity contribution in [1.82, 2.24) is 10.6 Å². The number of urea groups is 1. The van der Waals surface area contributed by atoms with Crippen LogP contribution in [0.4, 0.5) is 10.5 Å². The van der Waals surface area contributed by atoms with Gasteiger partial charge in [0.1, 0.15) is 5.75 Å². The lowest BCUT2D eigenvalue weighted by molar-refractivity contribution is 0.127. The van der Waals surface area contributed by atoms with Gasteiger partial charge in [0, 0.05) is 25.8 Å². The van der Waals surface area contributed by atoms with E-state index in [1.54, 1.807) is 19.1 Å². The number of methoxy groups -OCH3 is 1. The van der Waals surface area contributed by atoms with E-state index in [4.69, 9.17) is 4.74 Å². The summed E-state index contributed by atoms with van der Waals surface area (Å²) in [6, 6.07) is 26.4. The zero-order chi connectivity index (χ0) is 22.8. The molecule has 0 saturated carbocycles. The molecule has 0 unspecified atom stereocenters. The van der Waals surface area contributed by atoms with Gasteiger partial charge in [-0.2, -0.15) is 0 Å². The Morgan fingerprint density at radius 2 is 1.62 bits per heavy atom. The van der Waals surface area contributed by atoms with Crippen LogP contribution in [0.1, 0.15) is 11.1 Å². The second-order valence-corrected chi connectivity index (χ2v) is 7.69. The summed E-state index contributed by atoms with van der Waals surface area (Å²) in [6.07, 6.45) is -0.244. The number of hydrogen-bond donors (Lipinski definition) is 3. The average molecular weight is 434 g/mol. The number of aliphatic hydroxyl groups excluding tert-OH is 1. The van der Waals surface area contributed by atoms with Crippen LogP contribution in [0.3, 0.4) is 0 Å². The number of nitrogens with one attached hydrogen (secondary N) is 2. The van der Waals surface area contributed by atoms with Crippen molar-refractivity contribution in [2.24, 2.45) is 0 Å². The fourth-order valence-corrected chi connectivity index (χ4v) is 3.46. The molecule has 168 valence electrons. The first-order chi connectivity index (χ1) is 15.6. The number of rotatable bonds is 10. The third kappa shape index (κ3) is 6.83. The molecule has 0 radical (unpaired) electrons. The molecule has 0 aromatic heterocycles. The largest absolute Gasteiger partial charge is 0.497 e. The van der Waals surface area contributed by atoms with Crippen molar-refractivity contribution in [2.45, 2.75) is 25.1 Å². The lowest BCUT2D eigenvalue weighted by Gasteiger charge is -2.27. The molecule has 0 aliphatic carbocycles. The number of benzene rings is 3. The summed E-state index contributed by atoms with van der Waals surface area (Å²) in [4.78, 5) is 14.4. The summed E-state index contributed by atoms with van der Waals surface area (Å²) in [5, 5.41) is 17.2. The molecule has 3 aromatic carbocycles. The Bertz CT molecular complexity index is 966. The number of aliphatic hydroxyl groups is 1. The molecule has 32 heavy (non-hydrogen) atoms. The maximum absolute atomic E-state index is 12.9. The Balaban J connectivity index is 1.63. The van der Waals surface area contributed by atoms with Crippen LogP contribution in [-0.2, 0) is 13.0 Å². The number of nitrogens with zero attached hydrogens (tertiary/aromatic N) is 1. The molecule has 3 rings (SSSR count). The molecule has 0 heterocycles. The number of anilines is 1. The van der Waals surface area contributed by atoms with Crippen LogP contribution in [0.25, 0.3) is 0 Å². The van der Waals surface area contributed by atoms with Gasteiger partial charge in [-0.05, 0) is 41.8 Å². The summed E-state index contributed by atoms with van der Waals surface area (Å²) >= 11 is 0. The van der Waals surface area contributed by atoms with Crippen LogP contribution in [0.5, 0.6) is 5.75 Å². The smallest absolute Gasteiger partial charge is 0.321 e. The zero-order valence-electron chi connectivity index (χ0n) is 18.6. The molecule has 2 atom stereocenters. The van der Waals surface area contributed by atoms with Gasteiger partial charge in [-0.3, -0.25) is 4.90 Å². The minimum Gasteiger partial charge on any atom is -0.497 e. The van der Waals surface area contributed by atoms with Crippen LogP contribution >= 0.6 is 0 Å². The molecule has 0 fully saturated rings. The minimum atomic E-state index is -0.770. The number of carbonyl (C=O) groups is 1. The molecule has 0 bridgehead atoms. The predicted octanol–water partition coefficient (Wildman–Crippen LogP) is 3.60. The van der Waals surface area contributed by atoms with Gasteiger partial charge in [0.05, 0.1) is 19.3 Å². The molecule has 2 amide bonds. The topological polar surface area (TPSA) is 73.8 Å². The number of carbonyl (C=O) groups excluding carboxylic acids is 1. The van der Waals surface area contributed by atoms with E-state index in [1.807, 2.05) is 84.9 Å². The first-order valence-corrected chi connectivity index (χ1v) is 10.7. The lowest BCUT2D eigenvalue weighted by Crippen LogP contribution is -2.52. The molecule has 6 heteroatoms. The monoisotopic (exact) mass is 433 g/mol. The van der Waals surface area contributed by atoms with Crippen LogP contribution < -0.4 is 20.3 Å². The van der Waals surface area contributed by atoms with Gasteiger partial charge in [0.15, 0.2) is 0 Å². The summed E-state index contributed by atoms with van der Waals surface area (Å²) in [5.41, 5.74) is 2.89. The summed E-state index contributed by atoms with van der Waals surface area (Å²) < 4.78 is 5.26. The standard InChI is InChI=1S/C26H31N3O3/c1-29(22-13-7-4-8-14-22)26(31)28-24(17-20-10-5-3-6-11-20)25(30)19-27-18-21-12-9-15-23(16-21)32-2/h3-16,24-25,27,30H,17-19H2,1-2H3,(H,28,31)/t24-,25+/m0/s1. The Kier molecular flexibility index (Phi) is 8.66. The Labute approximate surface area is 189 Å². The first-order valence-electron chi connectivity index (χ1n) is 10.7. The van der Waals surface area contributed by atoms with Gasteiger partial charge in [-0.15, -0.1) is 0 Å². The number of para-hydroxylation sites is 1. The van der Waals surface area contributed by atoms with E-state index < -0.39 is 12.1 Å². The predicted molar refractivity (Wildman–Crippen MR) is 128 cm³/mol. The summed E-state index contributed by atoms with van der Waals surface area (Å²) in [6.45, 7) is 0.925. The highest BCUT2D eigenvalue weighted by Gasteiger charge is 2.23. The van der Waals surface area contributed by atoms with Gasteiger partial charge in [-0.25, -0.2) is 4.79 Å². The maximum atomic E-state index is 12.9. The summed E-state index contributed by atoms with van der Waals surface area (Å²) in [5.74, 6) is 0.794. The molecule has 0 aliphatic heterocycles. The van der Waals surface area contributed by atoms with Crippen molar-refractivity contribution in [3.63, 3.8) is 0 Å². The van der Waals surface area contributed by atoms with Crippen molar-refractivity contribution in [1.29, 1.82) is 0 Å². The van der Waals surface area contributed by atoms with Crippen LogP contribution in [0.15, 0.2) is 84.9 Å². The van der Waals surface area contributed by atoms with Crippen LogP contribution in [0, 0.1) is 0 Å². The van der Waals surface area contributed by atoms with E-state index in [-0.39, 0.29) is 6.03 Å². The van der Waals surface area contributed by atoms with Gasteiger partial charge in [-0.1, -0.05) is 60.7 Å². The Morgan fingerprint density at radius 3 is 2.31 bits per heavy atom. The second kappa shape index (κ2) is 11.9. The number of amides is 2. The van der Waals surface area contributed by atoms with Crippen molar-refractivity contribution < 1.29 is 14.6 Å². The highest BCUT2D eigenvalue weighted by atomic mass is 16.5. The highest BCUT2D eigenvalue weighted by molar-refractivity contribution is 5.91. The normalized spacial score (nSPS) is 12.6. The lowest BCUT2D eigenvalue weighted by atomic mass is 10.0. The van der Waals surface area contributed by atoms with Crippen molar-refractivity contribution >= 4 is 11.7 Å². The van der Waals surface area contributed by atoms with Gasteiger partial charge >= 0.3 is 6.03 Å². The van der Waals surface area contributed by atoms with Crippen molar-refractivity contribution in [3.05, 3.63) is 96.1 Å². The van der Waals surface area contributed by atoms with E-state index in [2.05, 4.69) is 10.6 Å². The Hall–Kier alpha value is -3.35. The third-order valence-electron chi connectivity index (χ3n) is 5.34. The number of hydrogen-bond acceptors (Lipinski definition) is 4. The maximum Gasteiger partial charge on any atom is 0.321 e. The van der Waals surface area contributed by atoms with Gasteiger partial charge < -0.3 is 20.5 Å². The zero-order valence-corrected chi connectivity index (χ0v) is 18.6. The molecule has 3 aromatic rings. The highest BCUT2D eigenvalue weighted by Crippen LogP contribution is 2.14. The molecule has 3 N–H and O–H groups in total. The van der Waals surface area contributed by atoms with Crippen LogP contribution in [0.2, 0.25) is 0 Å². The van der Waals surface area contributed by atoms with Gasteiger partial charge in [0.25, 0.3) is 0 Å². The first kappa shape index (κ1) is 23.3. The molecule has 0 saturated heterocycles. The second-order valence-electron chi connectivity index (χ2n) is 7.69. The molecular weight excluding hydrogens is 402 g/mol. The summed E-state index contributed by atoms with van der Waals surface area (Å²) in [7, 11) is 3.36. The fraction of sp³-hybridized carbons (Fsp3) is 0.269. The average Bonchev–Trinajstić information content (AvgIpc) is 2.84. The van der Waals surface area contributed by atoms with E-state index >= 15 is 0 Å². The van der Waals surface area contributed by atoms with E-state index in [0.717, 1.165) is 22.6 Å². The Morgan fingerprint density at radius 1 is 0.969 bits per heavy atom. The van der Waals surface area contributed by atoms with E-state index in [9.17, 15) is 9.90 Å².